The van der Waals surface area contributed by atoms with Gasteiger partial charge in [-0.1, -0.05) is 6.92 Å². The molecule has 0 aromatic carbocycles. The van der Waals surface area contributed by atoms with E-state index in [9.17, 15) is 0 Å². The van der Waals surface area contributed by atoms with E-state index < -0.39 is 0 Å². The number of aryl methyl sites for hydroxylation is 2. The Hall–Kier alpha value is -1.86. The molecule has 3 N–H and O–H groups in total. The first-order valence-corrected chi connectivity index (χ1v) is 6.26. The standard InChI is InChI=1S/C12H20N6O/c1-4-6-18-11(9(19-3)8-15-18)10(16-13)12-14-5-7-17(12)2/h5,7-8,10,16H,4,6,13H2,1-3H3. The van der Waals surface area contributed by atoms with Crippen LogP contribution >= 0.6 is 0 Å². The van der Waals surface area contributed by atoms with Crippen molar-refractivity contribution in [3.63, 3.8) is 0 Å². The first-order valence-electron chi connectivity index (χ1n) is 6.26. The predicted molar refractivity (Wildman–Crippen MR) is 71.4 cm³/mol. The van der Waals surface area contributed by atoms with Gasteiger partial charge in [-0.05, 0) is 6.42 Å². The third-order valence-electron chi connectivity index (χ3n) is 3.06. The first kappa shape index (κ1) is 13.6. The minimum atomic E-state index is -0.260. The Morgan fingerprint density at radius 2 is 2.32 bits per heavy atom. The molecular formula is C12H20N6O. The molecule has 7 nitrogen and oxygen atoms in total. The number of nitrogens with two attached hydrogens (primary N) is 1. The van der Waals surface area contributed by atoms with Gasteiger partial charge in [0, 0.05) is 26.0 Å². The highest BCUT2D eigenvalue weighted by Gasteiger charge is 2.25. The van der Waals surface area contributed by atoms with Crippen molar-refractivity contribution in [1.82, 2.24) is 24.8 Å². The van der Waals surface area contributed by atoms with Crippen LogP contribution in [0.3, 0.4) is 0 Å². The van der Waals surface area contributed by atoms with E-state index in [1.54, 1.807) is 19.5 Å². The number of nitrogens with one attached hydrogen (secondary N) is 1. The van der Waals surface area contributed by atoms with Crippen LogP contribution in [0.5, 0.6) is 5.75 Å². The van der Waals surface area contributed by atoms with Crippen LogP contribution in [0.4, 0.5) is 0 Å². The molecule has 0 saturated carbocycles. The number of ether oxygens (including phenoxy) is 1. The molecule has 2 rings (SSSR count). The van der Waals surface area contributed by atoms with Gasteiger partial charge < -0.3 is 9.30 Å². The van der Waals surface area contributed by atoms with Crippen LogP contribution in [0.25, 0.3) is 0 Å². The topological polar surface area (TPSA) is 82.9 Å². The highest BCUT2D eigenvalue weighted by atomic mass is 16.5. The van der Waals surface area contributed by atoms with Gasteiger partial charge in [0.2, 0.25) is 0 Å². The van der Waals surface area contributed by atoms with E-state index in [-0.39, 0.29) is 6.04 Å². The third kappa shape index (κ3) is 2.47. The average molecular weight is 264 g/mol. The fraction of sp³-hybridized carbons (Fsp3) is 0.500. The molecule has 0 aliphatic heterocycles. The summed E-state index contributed by atoms with van der Waals surface area (Å²) in [6, 6.07) is -0.260. The quantitative estimate of drug-likeness (QED) is 0.589. The van der Waals surface area contributed by atoms with Crippen LogP contribution in [0, 0.1) is 0 Å². The molecule has 19 heavy (non-hydrogen) atoms. The van der Waals surface area contributed by atoms with Crippen molar-refractivity contribution >= 4 is 0 Å². The van der Waals surface area contributed by atoms with Crippen molar-refractivity contribution in [3.8, 4) is 5.75 Å². The molecule has 2 aromatic rings. The largest absolute Gasteiger partial charge is 0.493 e. The maximum atomic E-state index is 5.71. The van der Waals surface area contributed by atoms with Gasteiger partial charge in [0.1, 0.15) is 17.6 Å². The maximum absolute atomic E-state index is 5.71. The zero-order chi connectivity index (χ0) is 13.8. The fourth-order valence-corrected chi connectivity index (χ4v) is 2.15. The SMILES string of the molecule is CCCn1ncc(OC)c1C(NN)c1nccn1C. The van der Waals surface area contributed by atoms with Crippen LogP contribution in [0.1, 0.15) is 30.9 Å². The van der Waals surface area contributed by atoms with Crippen LogP contribution < -0.4 is 16.0 Å². The lowest BCUT2D eigenvalue weighted by atomic mass is 10.2. The summed E-state index contributed by atoms with van der Waals surface area (Å²) in [4.78, 5) is 4.34. The van der Waals surface area contributed by atoms with Crippen molar-refractivity contribution in [2.45, 2.75) is 25.9 Å². The maximum Gasteiger partial charge on any atom is 0.162 e. The van der Waals surface area contributed by atoms with Crippen molar-refractivity contribution in [2.75, 3.05) is 7.11 Å². The molecule has 1 unspecified atom stereocenters. The van der Waals surface area contributed by atoms with E-state index in [4.69, 9.17) is 10.6 Å². The van der Waals surface area contributed by atoms with Gasteiger partial charge >= 0.3 is 0 Å². The van der Waals surface area contributed by atoms with Gasteiger partial charge in [-0.2, -0.15) is 5.10 Å². The van der Waals surface area contributed by atoms with Gasteiger partial charge in [0.25, 0.3) is 0 Å². The number of nitrogens with zero attached hydrogens (tertiary/aromatic N) is 4. The molecule has 2 aromatic heterocycles. The number of rotatable bonds is 6. The second-order valence-electron chi connectivity index (χ2n) is 4.32. The molecule has 0 spiro atoms. The van der Waals surface area contributed by atoms with Crippen LogP contribution in [0.15, 0.2) is 18.6 Å². The lowest BCUT2D eigenvalue weighted by Gasteiger charge is -2.18. The molecule has 0 bridgehead atoms. The molecule has 0 fully saturated rings. The van der Waals surface area contributed by atoms with Gasteiger partial charge in [0.15, 0.2) is 5.75 Å². The summed E-state index contributed by atoms with van der Waals surface area (Å²) in [5.74, 6) is 7.24. The van der Waals surface area contributed by atoms with E-state index in [1.807, 2.05) is 22.5 Å². The molecule has 0 aliphatic rings. The summed E-state index contributed by atoms with van der Waals surface area (Å²) in [5, 5.41) is 4.34. The summed E-state index contributed by atoms with van der Waals surface area (Å²) in [6.07, 6.45) is 6.31. The number of hydrogen-bond donors (Lipinski definition) is 2. The fourth-order valence-electron chi connectivity index (χ4n) is 2.15. The Labute approximate surface area is 112 Å². The predicted octanol–water partition coefficient (Wildman–Crippen LogP) is 0.588. The highest BCUT2D eigenvalue weighted by Crippen LogP contribution is 2.28. The minimum Gasteiger partial charge on any atom is -0.493 e. The van der Waals surface area contributed by atoms with Gasteiger partial charge in [-0.3, -0.25) is 10.5 Å². The molecule has 0 saturated heterocycles. The second-order valence-corrected chi connectivity index (χ2v) is 4.32. The summed E-state index contributed by atoms with van der Waals surface area (Å²) in [6.45, 7) is 2.91. The highest BCUT2D eigenvalue weighted by molar-refractivity contribution is 5.32. The Balaban J connectivity index is 2.48. The van der Waals surface area contributed by atoms with E-state index in [2.05, 4.69) is 22.4 Å². The summed E-state index contributed by atoms with van der Waals surface area (Å²) in [7, 11) is 3.56. The lowest BCUT2D eigenvalue weighted by molar-refractivity contribution is 0.395. The monoisotopic (exact) mass is 264 g/mol. The van der Waals surface area contributed by atoms with Crippen LogP contribution in [-0.4, -0.2) is 26.4 Å². The molecule has 0 amide bonds. The van der Waals surface area contributed by atoms with Gasteiger partial charge in [-0.25, -0.2) is 10.4 Å². The second kappa shape index (κ2) is 5.85. The van der Waals surface area contributed by atoms with Crippen molar-refractivity contribution in [2.24, 2.45) is 12.9 Å². The van der Waals surface area contributed by atoms with Gasteiger partial charge in [-0.15, -0.1) is 0 Å². The summed E-state index contributed by atoms with van der Waals surface area (Å²) in [5.41, 5.74) is 3.69. The molecular weight excluding hydrogens is 244 g/mol. The lowest BCUT2D eigenvalue weighted by Crippen LogP contribution is -2.33. The minimum absolute atomic E-state index is 0.260. The van der Waals surface area contributed by atoms with E-state index >= 15 is 0 Å². The number of hydrogen-bond acceptors (Lipinski definition) is 5. The Kier molecular flexibility index (Phi) is 4.18. The van der Waals surface area contributed by atoms with E-state index in [1.165, 1.54) is 0 Å². The molecule has 104 valence electrons. The Bertz CT molecular complexity index is 532. The number of hydrazine groups is 1. The molecule has 0 radical (unpaired) electrons. The molecule has 0 aliphatic carbocycles. The molecule has 1 atom stereocenters. The van der Waals surface area contributed by atoms with Gasteiger partial charge in [0.05, 0.1) is 13.3 Å². The zero-order valence-electron chi connectivity index (χ0n) is 11.5. The van der Waals surface area contributed by atoms with E-state index in [0.29, 0.717) is 5.75 Å². The number of imidazole rings is 1. The Morgan fingerprint density at radius 3 is 2.84 bits per heavy atom. The third-order valence-corrected chi connectivity index (χ3v) is 3.06. The van der Waals surface area contributed by atoms with Crippen molar-refractivity contribution in [3.05, 3.63) is 30.1 Å². The van der Waals surface area contributed by atoms with Crippen molar-refractivity contribution < 1.29 is 4.74 Å². The van der Waals surface area contributed by atoms with E-state index in [0.717, 1.165) is 24.5 Å². The Morgan fingerprint density at radius 1 is 1.53 bits per heavy atom. The van der Waals surface area contributed by atoms with Crippen LogP contribution in [-0.2, 0) is 13.6 Å². The molecule has 7 heteroatoms. The van der Waals surface area contributed by atoms with Crippen molar-refractivity contribution in [1.29, 1.82) is 0 Å². The molecule has 2 heterocycles. The summed E-state index contributed by atoms with van der Waals surface area (Å²) >= 11 is 0. The number of methoxy groups -OCH3 is 1. The van der Waals surface area contributed by atoms with Crippen LogP contribution in [0.2, 0.25) is 0 Å². The average Bonchev–Trinajstić information content (AvgIpc) is 3.00. The normalized spacial score (nSPS) is 12.6. The summed E-state index contributed by atoms with van der Waals surface area (Å²) < 4.78 is 9.20. The number of aromatic nitrogens is 4. The first-order chi connectivity index (χ1) is 9.22. The zero-order valence-corrected chi connectivity index (χ0v) is 11.5. The smallest absolute Gasteiger partial charge is 0.162 e.